The highest BCUT2D eigenvalue weighted by Gasteiger charge is 2.23. The minimum atomic E-state index is -0.325. The molecule has 4 heteroatoms. The molecule has 0 spiro atoms. The summed E-state index contributed by atoms with van der Waals surface area (Å²) in [7, 11) is 1.97. The summed E-state index contributed by atoms with van der Waals surface area (Å²) in [6.07, 6.45) is 2.44. The number of likely N-dealkylation sites (N-methyl/N-ethyl adjacent to an activating group) is 1. The molecule has 17 heavy (non-hydrogen) atoms. The summed E-state index contributed by atoms with van der Waals surface area (Å²) in [6.45, 7) is 2.90. The van der Waals surface area contributed by atoms with Crippen molar-refractivity contribution in [1.29, 1.82) is 0 Å². The Morgan fingerprint density at radius 3 is 3.06 bits per heavy atom. The fourth-order valence-corrected chi connectivity index (χ4v) is 2.56. The summed E-state index contributed by atoms with van der Waals surface area (Å²) in [6, 6.07) is 5.64. The van der Waals surface area contributed by atoms with Gasteiger partial charge in [0.05, 0.1) is 5.02 Å². The van der Waals surface area contributed by atoms with Gasteiger partial charge in [0.15, 0.2) is 0 Å². The Bertz CT molecular complexity index is 384. The van der Waals surface area contributed by atoms with Gasteiger partial charge in [-0.15, -0.1) is 0 Å². The van der Waals surface area contributed by atoms with E-state index in [0.717, 1.165) is 25.2 Å². The second kappa shape index (κ2) is 5.80. The molecule has 1 aliphatic rings. The van der Waals surface area contributed by atoms with E-state index >= 15 is 0 Å². The summed E-state index contributed by atoms with van der Waals surface area (Å²) in [5.74, 6) is -0.325. The third-order valence-electron chi connectivity index (χ3n) is 3.31. The second-order valence-electron chi connectivity index (χ2n) is 4.57. The lowest BCUT2D eigenvalue weighted by molar-refractivity contribution is 0.242. The van der Waals surface area contributed by atoms with Gasteiger partial charge in [0.2, 0.25) is 0 Å². The lowest BCUT2D eigenvalue weighted by Gasteiger charge is -2.24. The molecule has 1 unspecified atom stereocenters. The van der Waals surface area contributed by atoms with E-state index in [1.54, 1.807) is 6.07 Å². The van der Waals surface area contributed by atoms with Crippen LogP contribution in [0.5, 0.6) is 0 Å². The SMILES string of the molecule is CNCC1CCCN1Cc1ccc(Cl)c(F)c1. The van der Waals surface area contributed by atoms with Gasteiger partial charge in [-0.2, -0.15) is 0 Å². The third-order valence-corrected chi connectivity index (χ3v) is 3.62. The van der Waals surface area contributed by atoms with E-state index in [1.807, 2.05) is 13.1 Å². The topological polar surface area (TPSA) is 15.3 Å². The van der Waals surface area contributed by atoms with Gasteiger partial charge in [-0.1, -0.05) is 17.7 Å². The van der Waals surface area contributed by atoms with Crippen molar-refractivity contribution in [2.24, 2.45) is 0 Å². The number of hydrogen-bond acceptors (Lipinski definition) is 2. The molecule has 0 saturated carbocycles. The normalized spacial score (nSPS) is 21.0. The summed E-state index contributed by atoms with van der Waals surface area (Å²) < 4.78 is 13.3. The molecule has 0 aromatic heterocycles. The van der Waals surface area contributed by atoms with Gasteiger partial charge in [-0.05, 0) is 44.1 Å². The van der Waals surface area contributed by atoms with Crippen LogP contribution in [0.2, 0.25) is 5.02 Å². The number of halogens is 2. The fraction of sp³-hybridized carbons (Fsp3) is 0.538. The standard InChI is InChI=1S/C13H18ClFN2/c1-16-8-11-3-2-6-17(11)9-10-4-5-12(14)13(15)7-10/h4-5,7,11,16H,2-3,6,8-9H2,1H3. The van der Waals surface area contributed by atoms with Crippen LogP contribution in [0.3, 0.4) is 0 Å². The van der Waals surface area contributed by atoms with Gasteiger partial charge in [0.1, 0.15) is 5.82 Å². The van der Waals surface area contributed by atoms with Crippen LogP contribution in [-0.2, 0) is 6.54 Å². The predicted octanol–water partition coefficient (Wildman–Crippen LogP) is 2.66. The minimum absolute atomic E-state index is 0.196. The van der Waals surface area contributed by atoms with Gasteiger partial charge in [0, 0.05) is 19.1 Å². The first kappa shape index (κ1) is 12.8. The number of rotatable bonds is 4. The number of benzene rings is 1. The Kier molecular flexibility index (Phi) is 4.37. The van der Waals surface area contributed by atoms with E-state index in [2.05, 4.69) is 10.2 Å². The van der Waals surface area contributed by atoms with Crippen LogP contribution in [0, 0.1) is 5.82 Å². The lowest BCUT2D eigenvalue weighted by atomic mass is 10.2. The maximum absolute atomic E-state index is 13.3. The first-order chi connectivity index (χ1) is 8.20. The average molecular weight is 257 g/mol. The molecular formula is C13H18ClFN2. The van der Waals surface area contributed by atoms with Gasteiger partial charge < -0.3 is 5.32 Å². The third kappa shape index (κ3) is 3.18. The van der Waals surface area contributed by atoms with E-state index in [0.29, 0.717) is 6.04 Å². The number of nitrogens with zero attached hydrogens (tertiary/aromatic N) is 1. The zero-order chi connectivity index (χ0) is 12.3. The highest BCUT2D eigenvalue weighted by molar-refractivity contribution is 6.30. The van der Waals surface area contributed by atoms with Crippen LogP contribution >= 0.6 is 11.6 Å². The Morgan fingerprint density at radius 1 is 1.53 bits per heavy atom. The molecule has 1 aliphatic heterocycles. The van der Waals surface area contributed by atoms with Gasteiger partial charge >= 0.3 is 0 Å². The van der Waals surface area contributed by atoms with Crippen LogP contribution < -0.4 is 5.32 Å². The molecule has 0 radical (unpaired) electrons. The van der Waals surface area contributed by atoms with E-state index < -0.39 is 0 Å². The summed E-state index contributed by atoms with van der Waals surface area (Å²) in [5, 5.41) is 3.41. The second-order valence-corrected chi connectivity index (χ2v) is 4.98. The zero-order valence-corrected chi connectivity index (χ0v) is 10.8. The van der Waals surface area contributed by atoms with Crippen molar-refractivity contribution in [1.82, 2.24) is 10.2 Å². The van der Waals surface area contributed by atoms with Crippen molar-refractivity contribution >= 4 is 11.6 Å². The van der Waals surface area contributed by atoms with E-state index in [9.17, 15) is 4.39 Å². The van der Waals surface area contributed by atoms with Gasteiger partial charge in [-0.3, -0.25) is 4.90 Å². The maximum Gasteiger partial charge on any atom is 0.142 e. The molecule has 1 heterocycles. The smallest absolute Gasteiger partial charge is 0.142 e. The molecule has 1 N–H and O–H groups in total. The van der Waals surface area contributed by atoms with Crippen molar-refractivity contribution < 1.29 is 4.39 Å². The predicted molar refractivity (Wildman–Crippen MR) is 68.8 cm³/mol. The van der Waals surface area contributed by atoms with Crippen LogP contribution in [0.15, 0.2) is 18.2 Å². The van der Waals surface area contributed by atoms with Crippen molar-refractivity contribution in [2.45, 2.75) is 25.4 Å². The Morgan fingerprint density at radius 2 is 2.35 bits per heavy atom. The Balaban J connectivity index is 2.02. The largest absolute Gasteiger partial charge is 0.318 e. The highest BCUT2D eigenvalue weighted by Crippen LogP contribution is 2.21. The van der Waals surface area contributed by atoms with Gasteiger partial charge in [0.25, 0.3) is 0 Å². The minimum Gasteiger partial charge on any atom is -0.318 e. The van der Waals surface area contributed by atoms with Crippen LogP contribution in [-0.4, -0.2) is 31.1 Å². The average Bonchev–Trinajstić information content (AvgIpc) is 2.72. The highest BCUT2D eigenvalue weighted by atomic mass is 35.5. The number of nitrogens with one attached hydrogen (secondary N) is 1. The van der Waals surface area contributed by atoms with Crippen LogP contribution in [0.1, 0.15) is 18.4 Å². The molecule has 0 aliphatic carbocycles. The molecule has 94 valence electrons. The zero-order valence-electron chi connectivity index (χ0n) is 10.0. The monoisotopic (exact) mass is 256 g/mol. The maximum atomic E-state index is 13.3. The molecule has 0 amide bonds. The number of hydrogen-bond donors (Lipinski definition) is 1. The Hall–Kier alpha value is -0.640. The number of likely N-dealkylation sites (tertiary alicyclic amines) is 1. The fourth-order valence-electron chi connectivity index (χ4n) is 2.44. The van der Waals surface area contributed by atoms with Crippen LogP contribution in [0.4, 0.5) is 4.39 Å². The Labute approximate surface area is 107 Å². The molecule has 1 atom stereocenters. The lowest BCUT2D eigenvalue weighted by Crippen LogP contribution is -2.36. The van der Waals surface area contributed by atoms with E-state index in [1.165, 1.54) is 18.9 Å². The van der Waals surface area contributed by atoms with Gasteiger partial charge in [-0.25, -0.2) is 4.39 Å². The van der Waals surface area contributed by atoms with Crippen LogP contribution in [0.25, 0.3) is 0 Å². The quantitative estimate of drug-likeness (QED) is 0.891. The summed E-state index contributed by atoms with van der Waals surface area (Å²) in [5.41, 5.74) is 0.995. The molecular weight excluding hydrogens is 239 g/mol. The van der Waals surface area contributed by atoms with E-state index in [4.69, 9.17) is 11.6 Å². The van der Waals surface area contributed by atoms with E-state index in [-0.39, 0.29) is 10.8 Å². The molecule has 1 fully saturated rings. The molecule has 1 aromatic rings. The van der Waals surface area contributed by atoms with Crippen molar-refractivity contribution in [3.05, 3.63) is 34.6 Å². The summed E-state index contributed by atoms with van der Waals surface area (Å²) in [4.78, 5) is 2.40. The first-order valence-electron chi connectivity index (χ1n) is 6.03. The molecule has 1 aromatic carbocycles. The van der Waals surface area contributed by atoms with Crippen molar-refractivity contribution in [2.75, 3.05) is 20.1 Å². The van der Waals surface area contributed by atoms with Crippen molar-refractivity contribution in [3.63, 3.8) is 0 Å². The molecule has 2 rings (SSSR count). The first-order valence-corrected chi connectivity index (χ1v) is 6.41. The molecule has 2 nitrogen and oxygen atoms in total. The van der Waals surface area contributed by atoms with Crippen molar-refractivity contribution in [3.8, 4) is 0 Å². The molecule has 1 saturated heterocycles. The summed E-state index contributed by atoms with van der Waals surface area (Å²) >= 11 is 5.68. The molecule has 0 bridgehead atoms.